The monoisotopic (exact) mass is 349 g/mol. The van der Waals surface area contributed by atoms with Crippen LogP contribution >= 0.6 is 0 Å². The molecule has 136 valence electrons. The molecule has 7 heteroatoms. The number of hydrogen-bond acceptors (Lipinski definition) is 4. The zero-order valence-corrected chi connectivity index (χ0v) is 14.4. The molecule has 1 aromatic heterocycles. The molecule has 0 saturated carbocycles. The van der Waals surface area contributed by atoms with Crippen LogP contribution in [0.25, 0.3) is 0 Å². The number of fused-ring (bicyclic) bond motifs is 1. The number of carbonyl (C=O) groups is 2. The van der Waals surface area contributed by atoms with Crippen LogP contribution in [-0.4, -0.2) is 59.1 Å². The van der Waals surface area contributed by atoms with E-state index >= 15 is 0 Å². The summed E-state index contributed by atoms with van der Waals surface area (Å²) in [6.45, 7) is 1.30. The number of aromatic nitrogens is 1. The third-order valence-corrected chi connectivity index (χ3v) is 5.80. The standard InChI is InChI=1S/C18H24FN3O3/c19-10-12-9-16(23)22(11-12)13-5-7-21(8-6-13)18(24)17-14-3-1-2-4-15(14)25-20-17/h12-13H,1-11H2. The number of amides is 2. The van der Waals surface area contributed by atoms with Crippen molar-refractivity contribution in [2.45, 2.75) is 51.0 Å². The fraction of sp³-hybridized carbons (Fsp3) is 0.722. The lowest BCUT2D eigenvalue weighted by Crippen LogP contribution is -2.47. The highest BCUT2D eigenvalue weighted by atomic mass is 19.1. The van der Waals surface area contributed by atoms with Crippen LogP contribution in [0.5, 0.6) is 0 Å². The van der Waals surface area contributed by atoms with Crippen LogP contribution in [0.4, 0.5) is 4.39 Å². The van der Waals surface area contributed by atoms with Gasteiger partial charge in [0.25, 0.3) is 5.91 Å². The number of likely N-dealkylation sites (tertiary alicyclic amines) is 2. The van der Waals surface area contributed by atoms with Crippen LogP contribution in [0, 0.1) is 5.92 Å². The van der Waals surface area contributed by atoms with E-state index < -0.39 is 6.67 Å². The average Bonchev–Trinajstić information content (AvgIpc) is 3.24. The molecule has 1 unspecified atom stereocenters. The molecule has 1 atom stereocenters. The van der Waals surface area contributed by atoms with Crippen molar-refractivity contribution >= 4 is 11.8 Å². The van der Waals surface area contributed by atoms with Gasteiger partial charge in [0, 0.05) is 50.0 Å². The molecule has 25 heavy (non-hydrogen) atoms. The van der Waals surface area contributed by atoms with Gasteiger partial charge in [0.05, 0.1) is 6.67 Å². The molecule has 0 radical (unpaired) electrons. The number of nitrogens with zero attached hydrogens (tertiary/aromatic N) is 3. The predicted octanol–water partition coefficient (Wildman–Crippen LogP) is 1.98. The van der Waals surface area contributed by atoms with Gasteiger partial charge in [0.15, 0.2) is 5.69 Å². The molecule has 4 rings (SSSR count). The first-order valence-corrected chi connectivity index (χ1v) is 9.29. The number of aryl methyl sites for hydroxylation is 1. The summed E-state index contributed by atoms with van der Waals surface area (Å²) in [4.78, 5) is 28.5. The molecule has 1 aliphatic carbocycles. The number of halogens is 1. The maximum atomic E-state index is 12.8. The summed E-state index contributed by atoms with van der Waals surface area (Å²) < 4.78 is 18.2. The van der Waals surface area contributed by atoms with Gasteiger partial charge in [-0.1, -0.05) is 5.16 Å². The van der Waals surface area contributed by atoms with Gasteiger partial charge >= 0.3 is 0 Å². The lowest BCUT2D eigenvalue weighted by Gasteiger charge is -2.36. The molecule has 0 aromatic carbocycles. The Morgan fingerprint density at radius 1 is 1.24 bits per heavy atom. The second kappa shape index (κ2) is 6.77. The first-order valence-electron chi connectivity index (χ1n) is 9.29. The molecule has 2 aliphatic heterocycles. The van der Waals surface area contributed by atoms with Gasteiger partial charge in [-0.15, -0.1) is 0 Å². The van der Waals surface area contributed by atoms with Crippen LogP contribution < -0.4 is 0 Å². The van der Waals surface area contributed by atoms with E-state index in [4.69, 9.17) is 4.52 Å². The minimum absolute atomic E-state index is 0.0537. The summed E-state index contributed by atoms with van der Waals surface area (Å²) >= 11 is 0. The Bertz CT molecular complexity index is 667. The first-order chi connectivity index (χ1) is 12.2. The molecule has 0 N–H and O–H groups in total. The fourth-order valence-electron chi connectivity index (χ4n) is 4.35. The van der Waals surface area contributed by atoms with E-state index in [1.165, 1.54) is 0 Å². The smallest absolute Gasteiger partial charge is 0.276 e. The maximum Gasteiger partial charge on any atom is 0.276 e. The van der Waals surface area contributed by atoms with Crippen LogP contribution in [-0.2, 0) is 17.6 Å². The van der Waals surface area contributed by atoms with Gasteiger partial charge in [-0.25, -0.2) is 0 Å². The summed E-state index contributed by atoms with van der Waals surface area (Å²) in [6.07, 6.45) is 5.70. The van der Waals surface area contributed by atoms with Crippen LogP contribution in [0.1, 0.15) is 53.9 Å². The van der Waals surface area contributed by atoms with E-state index in [0.29, 0.717) is 31.7 Å². The SMILES string of the molecule is O=C(c1noc2c1CCCC2)N1CCC(N2CC(CF)CC2=O)CC1. The second-order valence-electron chi connectivity index (χ2n) is 7.43. The highest BCUT2D eigenvalue weighted by Crippen LogP contribution is 2.28. The summed E-state index contributed by atoms with van der Waals surface area (Å²) in [6, 6.07) is 0.124. The molecule has 3 aliphatic rings. The Hall–Kier alpha value is -1.92. The van der Waals surface area contributed by atoms with E-state index in [-0.39, 0.29) is 23.8 Å². The molecule has 3 heterocycles. The first kappa shape index (κ1) is 16.5. The Balaban J connectivity index is 1.38. The zero-order valence-electron chi connectivity index (χ0n) is 14.4. The van der Waals surface area contributed by atoms with Gasteiger partial charge in [-0.05, 0) is 32.1 Å². The number of carbonyl (C=O) groups excluding carboxylic acids is 2. The van der Waals surface area contributed by atoms with Crippen molar-refractivity contribution in [2.75, 3.05) is 26.3 Å². The van der Waals surface area contributed by atoms with E-state index in [1.807, 2.05) is 9.80 Å². The Kier molecular flexibility index (Phi) is 4.48. The molecule has 2 amide bonds. The van der Waals surface area contributed by atoms with Crippen molar-refractivity contribution in [3.8, 4) is 0 Å². The number of hydrogen-bond donors (Lipinski definition) is 0. The van der Waals surface area contributed by atoms with Crippen molar-refractivity contribution in [1.29, 1.82) is 0 Å². The largest absolute Gasteiger partial charge is 0.360 e. The summed E-state index contributed by atoms with van der Waals surface area (Å²) in [5.74, 6) is 0.705. The van der Waals surface area contributed by atoms with Crippen molar-refractivity contribution in [3.63, 3.8) is 0 Å². The summed E-state index contributed by atoms with van der Waals surface area (Å²) in [5.41, 5.74) is 1.46. The van der Waals surface area contributed by atoms with Crippen LogP contribution in [0.15, 0.2) is 4.52 Å². The number of alkyl halides is 1. The highest BCUT2D eigenvalue weighted by Gasteiger charge is 2.37. The van der Waals surface area contributed by atoms with Crippen LogP contribution in [0.2, 0.25) is 0 Å². The third kappa shape index (κ3) is 3.04. The van der Waals surface area contributed by atoms with Crippen LogP contribution in [0.3, 0.4) is 0 Å². The molecule has 1 aromatic rings. The molecule has 2 fully saturated rings. The minimum atomic E-state index is -0.434. The Morgan fingerprint density at radius 2 is 2.00 bits per heavy atom. The van der Waals surface area contributed by atoms with Crippen molar-refractivity contribution in [2.24, 2.45) is 5.92 Å². The van der Waals surface area contributed by atoms with Gasteiger partial charge in [-0.3, -0.25) is 14.0 Å². The topological polar surface area (TPSA) is 66.7 Å². The average molecular weight is 349 g/mol. The van der Waals surface area contributed by atoms with Gasteiger partial charge in [-0.2, -0.15) is 0 Å². The maximum absolute atomic E-state index is 12.8. The molecular weight excluding hydrogens is 325 g/mol. The number of piperidine rings is 1. The van der Waals surface area contributed by atoms with Crippen molar-refractivity contribution in [1.82, 2.24) is 15.0 Å². The molecule has 2 saturated heterocycles. The van der Waals surface area contributed by atoms with Crippen molar-refractivity contribution in [3.05, 3.63) is 17.0 Å². The Morgan fingerprint density at radius 3 is 2.72 bits per heavy atom. The zero-order chi connectivity index (χ0) is 17.4. The van der Waals surface area contributed by atoms with Gasteiger partial charge in [0.2, 0.25) is 5.91 Å². The normalized spacial score (nSPS) is 24.7. The van der Waals surface area contributed by atoms with E-state index in [9.17, 15) is 14.0 Å². The molecular formula is C18H24FN3O3. The highest BCUT2D eigenvalue weighted by molar-refractivity contribution is 5.94. The summed E-state index contributed by atoms with van der Waals surface area (Å²) in [7, 11) is 0. The quantitative estimate of drug-likeness (QED) is 0.837. The fourth-order valence-corrected chi connectivity index (χ4v) is 4.35. The number of rotatable bonds is 3. The van der Waals surface area contributed by atoms with Crippen molar-refractivity contribution < 1.29 is 18.5 Å². The molecule has 0 bridgehead atoms. The van der Waals surface area contributed by atoms with E-state index in [0.717, 1.165) is 49.8 Å². The Labute approximate surface area is 146 Å². The molecule has 6 nitrogen and oxygen atoms in total. The lowest BCUT2D eigenvalue weighted by atomic mass is 9.95. The lowest BCUT2D eigenvalue weighted by molar-refractivity contribution is -0.130. The summed E-state index contributed by atoms with van der Waals surface area (Å²) in [5, 5.41) is 4.03. The predicted molar refractivity (Wildman–Crippen MR) is 87.9 cm³/mol. The van der Waals surface area contributed by atoms with Gasteiger partial charge < -0.3 is 14.3 Å². The van der Waals surface area contributed by atoms with E-state index in [2.05, 4.69) is 5.16 Å². The second-order valence-corrected chi connectivity index (χ2v) is 7.43. The van der Waals surface area contributed by atoms with Gasteiger partial charge in [0.1, 0.15) is 5.76 Å². The third-order valence-electron chi connectivity index (χ3n) is 5.80. The van der Waals surface area contributed by atoms with E-state index in [1.54, 1.807) is 0 Å². The minimum Gasteiger partial charge on any atom is -0.360 e. The molecule has 0 spiro atoms.